The van der Waals surface area contributed by atoms with Crippen LogP contribution in [-0.2, 0) is 0 Å². The van der Waals surface area contributed by atoms with Crippen LogP contribution in [0.1, 0.15) is 36.1 Å². The van der Waals surface area contributed by atoms with Crippen LogP contribution in [-0.4, -0.2) is 34.8 Å². The molecule has 3 aromatic carbocycles. The fraction of sp³-hybridized carbons (Fsp3) is 0.308. The van der Waals surface area contributed by atoms with E-state index in [1.165, 1.54) is 22.3 Å². The Balaban J connectivity index is 0.000000500. The molecule has 3 aromatic rings. The van der Waals surface area contributed by atoms with Gasteiger partial charge in [0.15, 0.2) is 0 Å². The zero-order valence-corrected chi connectivity index (χ0v) is 21.7. The maximum absolute atomic E-state index is 3.11. The standard InChI is InChI=1S/C8H9.2C7H7.C4H11N.Bi/c1-7-4-3-5-8(2)6-7;2*1-7-5-3-2-4-6-7;1-3-5-4-2;/h3-4,6H,1-2H3;2*2-3,5-6H,1H3;5H,3-4H2,1-2H3;. The van der Waals surface area contributed by atoms with Crippen molar-refractivity contribution in [1.29, 1.82) is 0 Å². The van der Waals surface area contributed by atoms with E-state index in [4.69, 9.17) is 0 Å². The van der Waals surface area contributed by atoms with Gasteiger partial charge in [-0.1, -0.05) is 13.8 Å². The zero-order chi connectivity index (χ0) is 20.5. The summed E-state index contributed by atoms with van der Waals surface area (Å²) in [6, 6.07) is 25.3. The number of hydrogen-bond acceptors (Lipinski definition) is 1. The zero-order valence-electron chi connectivity index (χ0n) is 18.2. The molecule has 0 atom stereocenters. The Morgan fingerprint density at radius 1 is 0.643 bits per heavy atom. The minimum absolute atomic E-state index is 1.09. The molecule has 0 fully saturated rings. The number of nitrogens with one attached hydrogen (secondary N) is 1. The number of hydrogen-bond donors (Lipinski definition) is 1. The van der Waals surface area contributed by atoms with Crippen LogP contribution in [0, 0.1) is 27.7 Å². The van der Waals surface area contributed by atoms with Crippen molar-refractivity contribution < 1.29 is 0 Å². The van der Waals surface area contributed by atoms with E-state index in [1.54, 1.807) is 9.81 Å². The molecule has 0 bridgehead atoms. The number of aryl methyl sites for hydroxylation is 4. The number of rotatable bonds is 5. The monoisotopic (exact) mass is 569 g/mol. The predicted octanol–water partition coefficient (Wildman–Crippen LogP) is 4.05. The topological polar surface area (TPSA) is 12.0 Å². The first kappa shape index (κ1) is 22.8. The van der Waals surface area contributed by atoms with E-state index >= 15 is 0 Å². The van der Waals surface area contributed by atoms with Crippen LogP contribution >= 0.6 is 0 Å². The van der Waals surface area contributed by atoms with Gasteiger partial charge in [-0.05, 0) is 13.1 Å². The average Bonchev–Trinajstić information content (AvgIpc) is 2.65. The van der Waals surface area contributed by atoms with Crippen LogP contribution in [0.4, 0.5) is 0 Å². The molecule has 1 N–H and O–H groups in total. The van der Waals surface area contributed by atoms with E-state index in [1.807, 2.05) is 0 Å². The van der Waals surface area contributed by atoms with E-state index in [2.05, 4.69) is 114 Å². The average molecular weight is 570 g/mol. The Morgan fingerprint density at radius 3 is 1.54 bits per heavy atom. The molecule has 0 aliphatic heterocycles. The van der Waals surface area contributed by atoms with Gasteiger partial charge in [0.1, 0.15) is 0 Å². The summed E-state index contributed by atoms with van der Waals surface area (Å²) in [4.78, 5) is 0. The summed E-state index contributed by atoms with van der Waals surface area (Å²) in [6.45, 7) is 15.2. The Bertz CT molecular complexity index is 838. The third kappa shape index (κ3) is 6.54. The van der Waals surface area contributed by atoms with Crippen molar-refractivity contribution >= 4 is 31.6 Å². The quantitative estimate of drug-likeness (QED) is 0.458. The Morgan fingerprint density at radius 2 is 1.14 bits per heavy atom. The molecule has 0 saturated carbocycles. The van der Waals surface area contributed by atoms with Crippen LogP contribution in [0.3, 0.4) is 0 Å². The summed E-state index contributed by atoms with van der Waals surface area (Å²) in [5.41, 5.74) is 5.52. The Kier molecular flexibility index (Phi) is 9.35. The third-order valence-electron chi connectivity index (χ3n) is 4.61. The first-order chi connectivity index (χ1) is 13.5. The fourth-order valence-corrected chi connectivity index (χ4v) is 13.5. The van der Waals surface area contributed by atoms with Gasteiger partial charge in [0.2, 0.25) is 0 Å². The number of benzene rings is 3. The van der Waals surface area contributed by atoms with Gasteiger partial charge in [0, 0.05) is 0 Å². The van der Waals surface area contributed by atoms with Gasteiger partial charge in [-0.15, -0.1) is 0 Å². The van der Waals surface area contributed by atoms with Gasteiger partial charge in [-0.3, -0.25) is 0 Å². The molecule has 0 heterocycles. The van der Waals surface area contributed by atoms with Crippen molar-refractivity contribution in [2.45, 2.75) is 41.5 Å². The molecule has 1 nitrogen and oxygen atoms in total. The van der Waals surface area contributed by atoms with E-state index in [0.29, 0.717) is 0 Å². The second kappa shape index (κ2) is 11.5. The fourth-order valence-electron chi connectivity index (χ4n) is 3.27. The van der Waals surface area contributed by atoms with Crippen molar-refractivity contribution in [3.05, 3.63) is 89.0 Å². The van der Waals surface area contributed by atoms with E-state index in [0.717, 1.165) is 13.1 Å². The molecule has 0 saturated heterocycles. The molecule has 0 aliphatic rings. The molecule has 28 heavy (non-hydrogen) atoms. The van der Waals surface area contributed by atoms with Crippen LogP contribution in [0.5, 0.6) is 0 Å². The van der Waals surface area contributed by atoms with Crippen molar-refractivity contribution in [3.63, 3.8) is 0 Å². The molecule has 0 unspecified atom stereocenters. The second-order valence-corrected chi connectivity index (χ2v) is 15.8. The first-order valence-corrected chi connectivity index (χ1v) is 15.4. The first-order valence-electron chi connectivity index (χ1n) is 10.2. The molecular formula is C26H34BiN. The third-order valence-corrected chi connectivity index (χ3v) is 14.6. The van der Waals surface area contributed by atoms with E-state index in [9.17, 15) is 0 Å². The molecule has 0 amide bonds. The predicted molar refractivity (Wildman–Crippen MR) is 127 cm³/mol. The van der Waals surface area contributed by atoms with Crippen LogP contribution < -0.4 is 15.1 Å². The van der Waals surface area contributed by atoms with E-state index in [-0.39, 0.29) is 0 Å². The van der Waals surface area contributed by atoms with Crippen LogP contribution in [0.25, 0.3) is 0 Å². The van der Waals surface area contributed by atoms with Gasteiger partial charge >= 0.3 is 148 Å². The van der Waals surface area contributed by atoms with Crippen LogP contribution in [0.15, 0.2) is 66.7 Å². The van der Waals surface area contributed by atoms with Gasteiger partial charge in [0.25, 0.3) is 0 Å². The Labute approximate surface area is 179 Å². The summed E-state index contributed by atoms with van der Waals surface area (Å²) in [7, 11) is 0. The normalized spacial score (nSPS) is 10.5. The molecule has 0 radical (unpaired) electrons. The maximum atomic E-state index is 3.11. The molecule has 3 rings (SSSR count). The van der Waals surface area contributed by atoms with Crippen molar-refractivity contribution in [2.75, 3.05) is 13.1 Å². The summed E-state index contributed by atoms with van der Waals surface area (Å²) in [5.74, 6) is 0. The molecule has 148 valence electrons. The van der Waals surface area contributed by atoms with Crippen molar-refractivity contribution in [2.24, 2.45) is 0 Å². The summed E-state index contributed by atoms with van der Waals surface area (Å²) in [5, 5.41) is 3.11. The molecule has 0 spiro atoms. The summed E-state index contributed by atoms with van der Waals surface area (Å²) >= 11 is -2.22. The van der Waals surface area contributed by atoms with Crippen molar-refractivity contribution in [3.8, 4) is 0 Å². The molecular weight excluding hydrogens is 535 g/mol. The van der Waals surface area contributed by atoms with Gasteiger partial charge in [-0.25, -0.2) is 0 Å². The SMILES string of the molecule is CCNCC.Cc1ccc[c]([Bi]([c]2cccc(C)c2)[c]2ccc(C)cc2C)c1. The Hall–Kier alpha value is -1.50. The van der Waals surface area contributed by atoms with Crippen LogP contribution in [0.2, 0.25) is 0 Å². The van der Waals surface area contributed by atoms with E-state index < -0.39 is 21.8 Å². The van der Waals surface area contributed by atoms with Gasteiger partial charge < -0.3 is 5.32 Å². The van der Waals surface area contributed by atoms with Crippen molar-refractivity contribution in [1.82, 2.24) is 5.32 Å². The molecule has 0 aromatic heterocycles. The van der Waals surface area contributed by atoms with Gasteiger partial charge in [-0.2, -0.15) is 0 Å². The second-order valence-electron chi connectivity index (χ2n) is 7.26. The summed E-state index contributed by atoms with van der Waals surface area (Å²) in [6.07, 6.45) is 0. The van der Waals surface area contributed by atoms with Gasteiger partial charge in [0.05, 0.1) is 0 Å². The summed E-state index contributed by atoms with van der Waals surface area (Å²) < 4.78 is 4.73. The molecule has 2 heteroatoms. The minimum atomic E-state index is -2.22. The molecule has 0 aliphatic carbocycles.